The Balaban J connectivity index is 2.16. The molecule has 1 unspecified atom stereocenters. The molecule has 0 bridgehead atoms. The summed E-state index contributed by atoms with van der Waals surface area (Å²) >= 11 is 5.97. The fourth-order valence-electron chi connectivity index (χ4n) is 1.72. The van der Waals surface area contributed by atoms with Crippen LogP contribution in [0.4, 0.5) is 4.39 Å². The lowest BCUT2D eigenvalue weighted by Gasteiger charge is -2.06. The Hall–Kier alpha value is -1.39. The number of hydrogen-bond donors (Lipinski definition) is 1. The Morgan fingerprint density at radius 3 is 2.94 bits per heavy atom. The van der Waals surface area contributed by atoms with Gasteiger partial charge in [-0.05, 0) is 24.1 Å². The summed E-state index contributed by atoms with van der Waals surface area (Å²) in [7, 11) is 0. The fraction of sp³-hybridized carbons (Fsp3) is 0.308. The van der Waals surface area contributed by atoms with Gasteiger partial charge in [-0.2, -0.15) is 5.10 Å². The molecule has 1 aromatic carbocycles. The number of hydrogen-bond acceptors (Lipinski definition) is 2. The summed E-state index contributed by atoms with van der Waals surface area (Å²) in [4.78, 5) is 0. The first kappa shape index (κ1) is 13.1. The van der Waals surface area contributed by atoms with Gasteiger partial charge < -0.3 is 5.73 Å². The molecule has 2 rings (SSSR count). The van der Waals surface area contributed by atoms with E-state index >= 15 is 0 Å². The van der Waals surface area contributed by atoms with Crippen molar-refractivity contribution >= 4 is 11.6 Å². The van der Waals surface area contributed by atoms with Gasteiger partial charge in [-0.25, -0.2) is 4.39 Å². The summed E-state index contributed by atoms with van der Waals surface area (Å²) in [5.41, 5.74) is 7.75. The van der Waals surface area contributed by atoms with E-state index in [9.17, 15) is 4.39 Å². The second-order valence-electron chi connectivity index (χ2n) is 4.22. The van der Waals surface area contributed by atoms with E-state index in [-0.39, 0.29) is 11.9 Å². The van der Waals surface area contributed by atoms with Crippen LogP contribution in [0.2, 0.25) is 5.02 Å². The predicted octanol–water partition coefficient (Wildman–Crippen LogP) is 3.13. The summed E-state index contributed by atoms with van der Waals surface area (Å²) in [5, 5.41) is 4.64. The molecule has 5 heteroatoms. The summed E-state index contributed by atoms with van der Waals surface area (Å²) < 4.78 is 14.7. The molecule has 0 radical (unpaired) electrons. The molecule has 0 amide bonds. The number of nitrogens with two attached hydrogens (primary N) is 1. The second kappa shape index (κ2) is 5.50. The second-order valence-corrected chi connectivity index (χ2v) is 4.63. The average molecular weight is 268 g/mol. The van der Waals surface area contributed by atoms with Crippen LogP contribution < -0.4 is 5.73 Å². The molecule has 96 valence electrons. The third-order valence-corrected chi connectivity index (χ3v) is 3.22. The van der Waals surface area contributed by atoms with Gasteiger partial charge in [0.2, 0.25) is 0 Å². The zero-order valence-corrected chi connectivity index (χ0v) is 10.9. The van der Waals surface area contributed by atoms with Crippen LogP contribution in [0, 0.1) is 5.82 Å². The van der Waals surface area contributed by atoms with Crippen molar-refractivity contribution in [3.8, 4) is 0 Å². The normalized spacial score (nSPS) is 12.7. The van der Waals surface area contributed by atoms with Crippen molar-refractivity contribution in [2.75, 3.05) is 0 Å². The van der Waals surface area contributed by atoms with Gasteiger partial charge in [-0.15, -0.1) is 0 Å². The summed E-state index contributed by atoms with van der Waals surface area (Å²) in [5.74, 6) is -0.335. The van der Waals surface area contributed by atoms with Crippen LogP contribution in [-0.4, -0.2) is 9.78 Å². The van der Waals surface area contributed by atoms with Crippen molar-refractivity contribution in [3.05, 3.63) is 52.6 Å². The fourth-order valence-corrected chi connectivity index (χ4v) is 1.94. The molecule has 2 aromatic rings. The minimum absolute atomic E-state index is 0.00226. The highest BCUT2D eigenvalue weighted by molar-refractivity contribution is 6.31. The Morgan fingerprint density at radius 1 is 1.50 bits per heavy atom. The first-order valence-electron chi connectivity index (χ1n) is 5.82. The van der Waals surface area contributed by atoms with E-state index in [2.05, 4.69) is 5.10 Å². The van der Waals surface area contributed by atoms with Gasteiger partial charge in [0.05, 0.1) is 12.7 Å². The van der Waals surface area contributed by atoms with E-state index in [1.54, 1.807) is 16.9 Å². The summed E-state index contributed by atoms with van der Waals surface area (Å²) in [6.45, 7) is 2.54. The standard InChI is InChI=1S/C13H15ClFN3/c1-2-13(16)10-6-17-18(8-10)7-9-3-4-11(15)5-12(9)14/h3-6,8,13H,2,7,16H2,1H3. The zero-order valence-electron chi connectivity index (χ0n) is 10.1. The highest BCUT2D eigenvalue weighted by Crippen LogP contribution is 2.19. The molecule has 0 aliphatic rings. The molecule has 0 aliphatic heterocycles. The van der Waals surface area contributed by atoms with Gasteiger partial charge in [0.1, 0.15) is 5.82 Å². The van der Waals surface area contributed by atoms with Crippen LogP contribution in [0.3, 0.4) is 0 Å². The largest absolute Gasteiger partial charge is 0.324 e. The van der Waals surface area contributed by atoms with Crippen LogP contribution in [0.5, 0.6) is 0 Å². The molecule has 0 fully saturated rings. The molecule has 3 nitrogen and oxygen atoms in total. The highest BCUT2D eigenvalue weighted by Gasteiger charge is 2.08. The third-order valence-electron chi connectivity index (χ3n) is 2.87. The molecule has 0 saturated carbocycles. The van der Waals surface area contributed by atoms with Gasteiger partial charge in [0, 0.05) is 22.8 Å². The third kappa shape index (κ3) is 2.89. The van der Waals surface area contributed by atoms with Crippen molar-refractivity contribution in [1.29, 1.82) is 0 Å². The first-order valence-corrected chi connectivity index (χ1v) is 6.19. The first-order chi connectivity index (χ1) is 8.60. The Kier molecular flexibility index (Phi) is 3.99. The van der Waals surface area contributed by atoms with E-state index in [4.69, 9.17) is 17.3 Å². The van der Waals surface area contributed by atoms with E-state index in [0.29, 0.717) is 11.6 Å². The minimum Gasteiger partial charge on any atom is -0.324 e. The SMILES string of the molecule is CCC(N)c1cnn(Cc2ccc(F)cc2Cl)c1. The van der Waals surface area contributed by atoms with Crippen molar-refractivity contribution in [2.24, 2.45) is 5.73 Å². The van der Waals surface area contributed by atoms with Gasteiger partial charge in [0.25, 0.3) is 0 Å². The Labute approximate surface area is 110 Å². The molecule has 1 heterocycles. The average Bonchev–Trinajstić information content (AvgIpc) is 2.80. The molecule has 0 spiro atoms. The van der Waals surface area contributed by atoms with Crippen LogP contribution in [0.15, 0.2) is 30.6 Å². The quantitative estimate of drug-likeness (QED) is 0.925. The molecule has 0 aliphatic carbocycles. The lowest BCUT2D eigenvalue weighted by molar-refractivity contribution is 0.624. The van der Waals surface area contributed by atoms with Crippen LogP contribution in [0.1, 0.15) is 30.5 Å². The minimum atomic E-state index is -0.335. The highest BCUT2D eigenvalue weighted by atomic mass is 35.5. The van der Waals surface area contributed by atoms with E-state index in [1.807, 2.05) is 13.1 Å². The van der Waals surface area contributed by atoms with Gasteiger partial charge in [-0.3, -0.25) is 4.68 Å². The molecule has 1 aromatic heterocycles. The van der Waals surface area contributed by atoms with Crippen LogP contribution >= 0.6 is 11.6 Å². The zero-order chi connectivity index (χ0) is 13.1. The number of rotatable bonds is 4. The van der Waals surface area contributed by atoms with E-state index in [1.165, 1.54) is 12.1 Å². The lowest BCUT2D eigenvalue weighted by atomic mass is 10.1. The number of benzene rings is 1. The molecular formula is C13H15ClFN3. The van der Waals surface area contributed by atoms with Crippen molar-refractivity contribution in [2.45, 2.75) is 25.9 Å². The lowest BCUT2D eigenvalue weighted by Crippen LogP contribution is -2.07. The number of aromatic nitrogens is 2. The molecule has 2 N–H and O–H groups in total. The molecule has 0 saturated heterocycles. The topological polar surface area (TPSA) is 43.8 Å². The maximum absolute atomic E-state index is 12.9. The maximum Gasteiger partial charge on any atom is 0.124 e. The van der Waals surface area contributed by atoms with Gasteiger partial charge in [-0.1, -0.05) is 24.6 Å². The van der Waals surface area contributed by atoms with Crippen molar-refractivity contribution < 1.29 is 4.39 Å². The van der Waals surface area contributed by atoms with Crippen LogP contribution in [0.25, 0.3) is 0 Å². The summed E-state index contributed by atoms with van der Waals surface area (Å²) in [6, 6.07) is 4.36. The monoisotopic (exact) mass is 267 g/mol. The van der Waals surface area contributed by atoms with Gasteiger partial charge in [0.15, 0.2) is 0 Å². The smallest absolute Gasteiger partial charge is 0.124 e. The number of nitrogens with zero attached hydrogens (tertiary/aromatic N) is 2. The van der Waals surface area contributed by atoms with Crippen molar-refractivity contribution in [3.63, 3.8) is 0 Å². The maximum atomic E-state index is 12.9. The number of halogens is 2. The molecule has 1 atom stereocenters. The van der Waals surface area contributed by atoms with E-state index < -0.39 is 0 Å². The molecular weight excluding hydrogens is 253 g/mol. The van der Waals surface area contributed by atoms with Gasteiger partial charge >= 0.3 is 0 Å². The Morgan fingerprint density at radius 2 is 2.28 bits per heavy atom. The Bertz CT molecular complexity index is 539. The predicted molar refractivity (Wildman–Crippen MR) is 70.0 cm³/mol. The summed E-state index contributed by atoms with van der Waals surface area (Å²) in [6.07, 6.45) is 4.52. The van der Waals surface area contributed by atoms with Crippen LogP contribution in [-0.2, 0) is 6.54 Å². The van der Waals surface area contributed by atoms with E-state index in [0.717, 1.165) is 17.5 Å². The molecule has 18 heavy (non-hydrogen) atoms. The van der Waals surface area contributed by atoms with Crippen molar-refractivity contribution in [1.82, 2.24) is 9.78 Å².